The molecule has 1 saturated carbocycles. The predicted octanol–water partition coefficient (Wildman–Crippen LogP) is 1.87. The molecule has 166 valence electrons. The summed E-state index contributed by atoms with van der Waals surface area (Å²) in [5.41, 5.74) is 6.62. The van der Waals surface area contributed by atoms with Crippen LogP contribution in [0.1, 0.15) is 45.4 Å². The van der Waals surface area contributed by atoms with Crippen LogP contribution < -0.4 is 16.4 Å². The Labute approximate surface area is 178 Å². The number of nitrogens with one attached hydrogen (secondary N) is 2. The fourth-order valence-corrected chi connectivity index (χ4v) is 4.50. The van der Waals surface area contributed by atoms with Gasteiger partial charge in [0.2, 0.25) is 11.9 Å². The third-order valence-corrected chi connectivity index (χ3v) is 6.57. The highest BCUT2D eigenvalue weighted by atomic mass is 16.5. The maximum Gasteiger partial charge on any atom is 0.225 e. The van der Waals surface area contributed by atoms with Gasteiger partial charge in [-0.15, -0.1) is 0 Å². The van der Waals surface area contributed by atoms with Gasteiger partial charge in [0.05, 0.1) is 25.1 Å². The predicted molar refractivity (Wildman–Crippen MR) is 115 cm³/mol. The molecule has 2 saturated heterocycles. The Morgan fingerprint density at radius 2 is 1.80 bits per heavy atom. The van der Waals surface area contributed by atoms with E-state index in [1.807, 2.05) is 4.90 Å². The topological polar surface area (TPSA) is 115 Å². The number of morpholine rings is 1. The first kappa shape index (κ1) is 21.1. The van der Waals surface area contributed by atoms with Crippen LogP contribution in [0.3, 0.4) is 0 Å². The van der Waals surface area contributed by atoms with Crippen molar-refractivity contribution < 1.29 is 14.3 Å². The van der Waals surface area contributed by atoms with E-state index in [4.69, 9.17) is 15.2 Å². The quantitative estimate of drug-likeness (QED) is 0.664. The van der Waals surface area contributed by atoms with Crippen LogP contribution >= 0.6 is 0 Å². The third kappa shape index (κ3) is 5.13. The van der Waals surface area contributed by atoms with Crippen LogP contribution in [0.4, 0.5) is 17.5 Å². The van der Waals surface area contributed by atoms with Crippen molar-refractivity contribution in [2.24, 2.45) is 5.92 Å². The smallest absolute Gasteiger partial charge is 0.225 e. The van der Waals surface area contributed by atoms with Crippen LogP contribution in [-0.2, 0) is 14.3 Å². The number of hydrogen-bond acceptors (Lipinski definition) is 8. The van der Waals surface area contributed by atoms with Crippen LogP contribution in [0.15, 0.2) is 6.20 Å². The summed E-state index contributed by atoms with van der Waals surface area (Å²) in [6, 6.07) is 0.266. The maximum atomic E-state index is 12.7. The number of nitrogen functional groups attached to an aromatic ring is 1. The number of carbonyl (C=O) groups is 1. The van der Waals surface area contributed by atoms with Gasteiger partial charge in [-0.25, -0.2) is 4.98 Å². The summed E-state index contributed by atoms with van der Waals surface area (Å²) in [4.78, 5) is 23.7. The lowest BCUT2D eigenvalue weighted by Gasteiger charge is -2.35. The van der Waals surface area contributed by atoms with Crippen molar-refractivity contribution in [3.8, 4) is 0 Å². The Balaban J connectivity index is 1.31. The average molecular weight is 419 g/mol. The number of amides is 1. The normalized spacial score (nSPS) is 26.8. The number of rotatable bonds is 5. The Hall–Kier alpha value is -2.13. The van der Waals surface area contributed by atoms with E-state index in [9.17, 15) is 4.79 Å². The van der Waals surface area contributed by atoms with Gasteiger partial charge in [-0.1, -0.05) is 0 Å². The summed E-state index contributed by atoms with van der Waals surface area (Å²) in [6.07, 6.45) is 7.15. The molecule has 1 aromatic rings. The second kappa shape index (κ2) is 9.34. The second-order valence-electron chi connectivity index (χ2n) is 8.93. The molecule has 1 aromatic heterocycles. The molecule has 30 heavy (non-hydrogen) atoms. The molecule has 3 fully saturated rings. The zero-order valence-corrected chi connectivity index (χ0v) is 17.9. The van der Waals surface area contributed by atoms with Crippen molar-refractivity contribution in [2.75, 3.05) is 55.9 Å². The van der Waals surface area contributed by atoms with Crippen molar-refractivity contribution in [1.82, 2.24) is 14.9 Å². The zero-order valence-electron chi connectivity index (χ0n) is 17.9. The molecule has 3 heterocycles. The lowest BCUT2D eigenvalue weighted by Crippen LogP contribution is -2.45. The molecule has 1 aliphatic carbocycles. The fourth-order valence-electron chi connectivity index (χ4n) is 4.50. The lowest BCUT2D eigenvalue weighted by molar-refractivity contribution is -0.140. The maximum absolute atomic E-state index is 12.7. The van der Waals surface area contributed by atoms with E-state index in [1.165, 1.54) is 0 Å². The van der Waals surface area contributed by atoms with Gasteiger partial charge >= 0.3 is 0 Å². The first-order valence-corrected chi connectivity index (χ1v) is 11.1. The molecule has 9 heteroatoms. The van der Waals surface area contributed by atoms with Crippen LogP contribution in [-0.4, -0.2) is 71.9 Å². The highest BCUT2D eigenvalue weighted by molar-refractivity contribution is 5.79. The number of nitrogens with two attached hydrogens (primary N) is 1. The fraction of sp³-hybridized carbons (Fsp3) is 0.762. The van der Waals surface area contributed by atoms with E-state index >= 15 is 0 Å². The number of nitrogens with zero attached hydrogens (tertiary/aromatic N) is 3. The van der Waals surface area contributed by atoms with Gasteiger partial charge in [0.1, 0.15) is 0 Å². The summed E-state index contributed by atoms with van der Waals surface area (Å²) < 4.78 is 10.8. The van der Waals surface area contributed by atoms with Gasteiger partial charge in [-0.3, -0.25) is 4.79 Å². The van der Waals surface area contributed by atoms with Crippen molar-refractivity contribution in [3.63, 3.8) is 0 Å². The second-order valence-corrected chi connectivity index (χ2v) is 8.93. The molecule has 0 bridgehead atoms. The average Bonchev–Trinajstić information content (AvgIpc) is 2.77. The molecule has 0 unspecified atom stereocenters. The number of hydrogen-bond donors (Lipinski definition) is 3. The molecular weight excluding hydrogens is 384 g/mol. The van der Waals surface area contributed by atoms with E-state index in [-0.39, 0.29) is 23.4 Å². The monoisotopic (exact) mass is 418 g/mol. The SMILES string of the molecule is CC1(Nc2ncc(N)c(NC3CCC(C(=O)N4CCOCC4)CC3)n2)CCOCC1. The Kier molecular flexibility index (Phi) is 6.58. The highest BCUT2D eigenvalue weighted by Crippen LogP contribution is 2.30. The van der Waals surface area contributed by atoms with E-state index in [2.05, 4.69) is 27.5 Å². The molecular formula is C21H34N6O3. The molecule has 0 radical (unpaired) electrons. The lowest BCUT2D eigenvalue weighted by atomic mass is 9.85. The standard InChI is InChI=1S/C21H34N6O3/c1-21(6-10-29-11-7-21)26-20-23-14-17(22)18(25-20)24-16-4-2-15(3-5-16)19(28)27-8-12-30-13-9-27/h14-16H,2-13,22H2,1H3,(H2,23,24,25,26). The molecule has 3 aliphatic rings. The summed E-state index contributed by atoms with van der Waals surface area (Å²) in [7, 11) is 0. The van der Waals surface area contributed by atoms with Gasteiger partial charge in [-0.2, -0.15) is 4.98 Å². The minimum absolute atomic E-state index is 0.0659. The third-order valence-electron chi connectivity index (χ3n) is 6.57. The summed E-state index contributed by atoms with van der Waals surface area (Å²) in [5.74, 6) is 1.67. The van der Waals surface area contributed by atoms with Crippen molar-refractivity contribution >= 4 is 23.4 Å². The molecule has 9 nitrogen and oxygen atoms in total. The van der Waals surface area contributed by atoms with Gasteiger partial charge < -0.3 is 30.7 Å². The van der Waals surface area contributed by atoms with Gasteiger partial charge in [0.15, 0.2) is 5.82 Å². The summed E-state index contributed by atoms with van der Waals surface area (Å²) >= 11 is 0. The zero-order chi connectivity index (χ0) is 21.0. The molecule has 2 aliphatic heterocycles. The van der Waals surface area contributed by atoms with E-state index in [1.54, 1.807) is 6.20 Å². The summed E-state index contributed by atoms with van der Waals surface area (Å²) in [6.45, 7) is 6.40. The first-order valence-electron chi connectivity index (χ1n) is 11.1. The minimum Gasteiger partial charge on any atom is -0.394 e. The van der Waals surface area contributed by atoms with Crippen LogP contribution in [0.5, 0.6) is 0 Å². The Morgan fingerprint density at radius 1 is 1.13 bits per heavy atom. The number of ether oxygens (including phenoxy) is 2. The molecule has 4 rings (SSSR count). The van der Waals surface area contributed by atoms with Crippen molar-refractivity contribution in [3.05, 3.63) is 6.20 Å². The van der Waals surface area contributed by atoms with E-state index in [0.717, 1.165) is 64.8 Å². The highest BCUT2D eigenvalue weighted by Gasteiger charge is 2.31. The van der Waals surface area contributed by atoms with Gasteiger partial charge in [0, 0.05) is 43.8 Å². The van der Waals surface area contributed by atoms with E-state index in [0.29, 0.717) is 30.7 Å². The van der Waals surface area contributed by atoms with Crippen LogP contribution in [0.2, 0.25) is 0 Å². The Bertz CT molecular complexity index is 725. The molecule has 0 atom stereocenters. The summed E-state index contributed by atoms with van der Waals surface area (Å²) in [5, 5.41) is 6.95. The van der Waals surface area contributed by atoms with Crippen molar-refractivity contribution in [2.45, 2.75) is 57.0 Å². The Morgan fingerprint density at radius 3 is 2.50 bits per heavy atom. The van der Waals surface area contributed by atoms with E-state index < -0.39 is 0 Å². The molecule has 0 spiro atoms. The molecule has 0 aromatic carbocycles. The first-order chi connectivity index (χ1) is 14.5. The number of aromatic nitrogens is 2. The van der Waals surface area contributed by atoms with Crippen molar-refractivity contribution in [1.29, 1.82) is 0 Å². The number of carbonyl (C=O) groups excluding carboxylic acids is 1. The minimum atomic E-state index is -0.0659. The van der Waals surface area contributed by atoms with Gasteiger partial charge in [-0.05, 0) is 45.4 Å². The van der Waals surface area contributed by atoms with Crippen LogP contribution in [0.25, 0.3) is 0 Å². The largest absolute Gasteiger partial charge is 0.394 e. The molecule has 1 amide bonds. The van der Waals surface area contributed by atoms with Crippen LogP contribution in [0, 0.1) is 5.92 Å². The number of anilines is 3. The molecule has 4 N–H and O–H groups in total. The van der Waals surface area contributed by atoms with Gasteiger partial charge in [0.25, 0.3) is 0 Å².